The Morgan fingerprint density at radius 2 is 1.97 bits per heavy atom. The van der Waals surface area contributed by atoms with Gasteiger partial charge in [-0.1, -0.05) is 0 Å². The maximum absolute atomic E-state index is 13.6. The number of carbonyl (C=O) groups is 1. The first-order valence-electron chi connectivity index (χ1n) is 9.74. The van der Waals surface area contributed by atoms with E-state index in [1.807, 2.05) is 0 Å². The smallest absolute Gasteiger partial charge is 0.319 e. The summed E-state index contributed by atoms with van der Waals surface area (Å²) in [6, 6.07) is 4.75. The van der Waals surface area contributed by atoms with E-state index in [4.69, 9.17) is 9.47 Å². The van der Waals surface area contributed by atoms with Crippen LogP contribution in [0, 0.1) is 22.5 Å². The van der Waals surface area contributed by atoms with Gasteiger partial charge in [0.25, 0.3) is 0 Å². The lowest BCUT2D eigenvalue weighted by Crippen LogP contribution is -2.69. The minimum Gasteiger partial charge on any atom is -0.481 e. The molecule has 0 spiro atoms. The van der Waals surface area contributed by atoms with Crippen molar-refractivity contribution >= 4 is 12.1 Å². The molecule has 0 saturated heterocycles. The summed E-state index contributed by atoms with van der Waals surface area (Å²) in [6.45, 7) is 0.428. The van der Waals surface area contributed by atoms with Crippen LogP contribution >= 0.6 is 0 Å². The van der Waals surface area contributed by atoms with Crippen molar-refractivity contribution in [2.24, 2.45) is 15.9 Å². The fourth-order valence-electron chi connectivity index (χ4n) is 5.00. The van der Waals surface area contributed by atoms with Gasteiger partial charge < -0.3 is 9.47 Å². The van der Waals surface area contributed by atoms with E-state index >= 15 is 0 Å². The van der Waals surface area contributed by atoms with Gasteiger partial charge in [0.05, 0.1) is 25.2 Å². The van der Waals surface area contributed by atoms with E-state index in [9.17, 15) is 13.6 Å². The SMILES string of the molecule is COc1ccnc(OCC23CC(C(=O)N4N=CCC4c4cc(F)cc(F)c4)(C2)C3)n1. The van der Waals surface area contributed by atoms with E-state index in [-0.39, 0.29) is 17.3 Å². The molecule has 2 aromatic rings. The number of rotatable bonds is 6. The van der Waals surface area contributed by atoms with Gasteiger partial charge in [0.2, 0.25) is 11.8 Å². The average molecular weight is 414 g/mol. The fourth-order valence-corrected chi connectivity index (χ4v) is 5.00. The average Bonchev–Trinajstić information content (AvgIpc) is 3.15. The summed E-state index contributed by atoms with van der Waals surface area (Å²) < 4.78 is 38.1. The van der Waals surface area contributed by atoms with Crippen LogP contribution in [-0.2, 0) is 4.79 Å². The summed E-state index contributed by atoms with van der Waals surface area (Å²) in [5, 5.41) is 5.60. The highest BCUT2D eigenvalue weighted by Gasteiger charge is 2.73. The highest BCUT2D eigenvalue weighted by molar-refractivity contribution is 5.88. The molecule has 2 bridgehead atoms. The Kier molecular flexibility index (Phi) is 4.23. The lowest BCUT2D eigenvalue weighted by molar-refractivity contribution is -0.227. The number of aromatic nitrogens is 2. The monoisotopic (exact) mass is 414 g/mol. The van der Waals surface area contributed by atoms with Gasteiger partial charge in [-0.3, -0.25) is 4.79 Å². The van der Waals surface area contributed by atoms with E-state index < -0.39 is 23.1 Å². The summed E-state index contributed by atoms with van der Waals surface area (Å²) in [5.74, 6) is -0.988. The minimum absolute atomic E-state index is 0.0635. The van der Waals surface area contributed by atoms with Gasteiger partial charge >= 0.3 is 6.01 Å². The van der Waals surface area contributed by atoms with Crippen LogP contribution in [0.5, 0.6) is 11.9 Å². The van der Waals surface area contributed by atoms with Crippen LogP contribution in [0.2, 0.25) is 0 Å². The third kappa shape index (κ3) is 3.00. The molecule has 2 heterocycles. The van der Waals surface area contributed by atoms with Gasteiger partial charge in [-0.15, -0.1) is 0 Å². The van der Waals surface area contributed by atoms with Gasteiger partial charge in [-0.2, -0.15) is 10.1 Å². The third-order valence-electron chi connectivity index (χ3n) is 6.23. The molecule has 3 aliphatic carbocycles. The molecule has 3 saturated carbocycles. The molecule has 9 heteroatoms. The standard InChI is InChI=1S/C21H20F2N4O3/c1-29-17-3-4-24-19(26-17)30-12-20-9-21(10-20,11-20)18(28)27-16(2-5-25-27)13-6-14(22)8-15(23)7-13/h3-8,16H,2,9-12H2,1H3. The van der Waals surface area contributed by atoms with Gasteiger partial charge in [0.15, 0.2) is 0 Å². The van der Waals surface area contributed by atoms with E-state index in [2.05, 4.69) is 15.1 Å². The molecule has 4 aliphatic rings. The first-order chi connectivity index (χ1) is 14.4. The normalized spacial score (nSPS) is 28.6. The molecule has 1 aliphatic heterocycles. The molecule has 0 N–H and O–H groups in total. The highest BCUT2D eigenvalue weighted by Crippen LogP contribution is 2.74. The zero-order valence-electron chi connectivity index (χ0n) is 16.3. The Morgan fingerprint density at radius 3 is 2.67 bits per heavy atom. The topological polar surface area (TPSA) is 76.9 Å². The molecule has 30 heavy (non-hydrogen) atoms. The first kappa shape index (κ1) is 18.9. The van der Waals surface area contributed by atoms with Crippen molar-refractivity contribution in [1.29, 1.82) is 0 Å². The Labute approximate surface area is 171 Å². The Balaban J connectivity index is 1.23. The maximum Gasteiger partial charge on any atom is 0.319 e. The number of halogens is 2. The van der Waals surface area contributed by atoms with Gasteiger partial charge in [0.1, 0.15) is 11.6 Å². The number of nitrogens with zero attached hydrogens (tertiary/aromatic N) is 4. The largest absolute Gasteiger partial charge is 0.481 e. The third-order valence-corrected chi connectivity index (χ3v) is 6.23. The quantitative estimate of drug-likeness (QED) is 0.725. The Hall–Kier alpha value is -3.10. The van der Waals surface area contributed by atoms with Crippen molar-refractivity contribution in [3.05, 3.63) is 47.7 Å². The van der Waals surface area contributed by atoms with Crippen molar-refractivity contribution in [2.45, 2.75) is 31.7 Å². The van der Waals surface area contributed by atoms with Crippen molar-refractivity contribution in [3.8, 4) is 11.9 Å². The summed E-state index contributed by atoms with van der Waals surface area (Å²) >= 11 is 0. The molecule has 1 atom stereocenters. The van der Waals surface area contributed by atoms with Gasteiger partial charge in [-0.25, -0.2) is 18.8 Å². The lowest BCUT2D eigenvalue weighted by atomic mass is 9.35. The molecular weight excluding hydrogens is 394 g/mol. The minimum atomic E-state index is -0.661. The summed E-state index contributed by atoms with van der Waals surface area (Å²) in [4.78, 5) is 21.4. The fraction of sp³-hybridized carbons (Fsp3) is 0.429. The van der Waals surface area contributed by atoms with Gasteiger partial charge in [-0.05, 0) is 37.0 Å². The van der Waals surface area contributed by atoms with Crippen molar-refractivity contribution in [1.82, 2.24) is 15.0 Å². The van der Waals surface area contributed by atoms with Crippen LogP contribution in [0.15, 0.2) is 35.6 Å². The predicted octanol–water partition coefficient (Wildman–Crippen LogP) is 3.27. The van der Waals surface area contributed by atoms with Crippen LogP contribution in [0.25, 0.3) is 0 Å². The van der Waals surface area contributed by atoms with Crippen LogP contribution < -0.4 is 9.47 Å². The number of hydrazone groups is 1. The molecule has 6 rings (SSSR count). The number of ether oxygens (including phenoxy) is 2. The predicted molar refractivity (Wildman–Crippen MR) is 102 cm³/mol. The highest BCUT2D eigenvalue weighted by atomic mass is 19.1. The summed E-state index contributed by atoms with van der Waals surface area (Å²) in [5.41, 5.74) is -0.116. The molecule has 7 nitrogen and oxygen atoms in total. The number of amides is 1. The van der Waals surface area contributed by atoms with Crippen molar-refractivity contribution in [3.63, 3.8) is 0 Å². The number of carbonyl (C=O) groups excluding carboxylic acids is 1. The Bertz CT molecular complexity index is 1000. The number of hydrogen-bond acceptors (Lipinski definition) is 6. The molecular formula is C21H20F2N4O3. The number of methoxy groups -OCH3 is 1. The molecule has 1 unspecified atom stereocenters. The van der Waals surface area contributed by atoms with Crippen LogP contribution in [0.3, 0.4) is 0 Å². The Morgan fingerprint density at radius 1 is 1.23 bits per heavy atom. The second-order valence-corrected chi connectivity index (χ2v) is 8.38. The van der Waals surface area contributed by atoms with Crippen LogP contribution in [0.1, 0.15) is 37.3 Å². The van der Waals surface area contributed by atoms with Crippen LogP contribution in [0.4, 0.5) is 8.78 Å². The zero-order valence-corrected chi connectivity index (χ0v) is 16.3. The number of hydrogen-bond donors (Lipinski definition) is 0. The van der Waals surface area contributed by atoms with Crippen molar-refractivity contribution < 1.29 is 23.0 Å². The molecule has 0 radical (unpaired) electrons. The van der Waals surface area contributed by atoms with E-state index in [0.717, 1.165) is 6.07 Å². The van der Waals surface area contributed by atoms with E-state index in [1.165, 1.54) is 24.3 Å². The molecule has 1 aromatic heterocycles. The van der Waals surface area contributed by atoms with Crippen LogP contribution in [-0.4, -0.2) is 40.8 Å². The number of benzene rings is 1. The zero-order chi connectivity index (χ0) is 20.9. The second kappa shape index (κ2) is 6.72. The second-order valence-electron chi connectivity index (χ2n) is 8.38. The van der Waals surface area contributed by atoms with Crippen molar-refractivity contribution in [2.75, 3.05) is 13.7 Å². The molecule has 1 aromatic carbocycles. The summed E-state index contributed by atoms with van der Waals surface area (Å²) in [7, 11) is 1.52. The molecule has 1 amide bonds. The molecule has 156 valence electrons. The molecule has 3 fully saturated rings. The van der Waals surface area contributed by atoms with Gasteiger partial charge in [0, 0.05) is 36.4 Å². The van der Waals surface area contributed by atoms with E-state index in [1.54, 1.807) is 18.5 Å². The lowest BCUT2D eigenvalue weighted by Gasteiger charge is -2.69. The summed E-state index contributed by atoms with van der Waals surface area (Å²) in [6.07, 6.45) is 5.70. The first-order valence-corrected chi connectivity index (χ1v) is 9.74. The van der Waals surface area contributed by atoms with E-state index in [0.29, 0.717) is 43.7 Å². The maximum atomic E-state index is 13.6.